The van der Waals surface area contributed by atoms with E-state index in [0.717, 1.165) is 17.3 Å². The van der Waals surface area contributed by atoms with E-state index in [9.17, 15) is 13.2 Å². The van der Waals surface area contributed by atoms with Gasteiger partial charge in [0.15, 0.2) is 0 Å². The van der Waals surface area contributed by atoms with Crippen LogP contribution in [-0.4, -0.2) is 47.6 Å². The number of amides is 1. The maximum Gasteiger partial charge on any atom is 0.245 e. The molecule has 1 saturated heterocycles. The Hall–Kier alpha value is -2.56. The van der Waals surface area contributed by atoms with Crippen LogP contribution in [0.5, 0.6) is 5.75 Å². The summed E-state index contributed by atoms with van der Waals surface area (Å²) in [4.78, 5) is 13.1. The number of benzene rings is 2. The van der Waals surface area contributed by atoms with Crippen LogP contribution in [0, 0.1) is 12.8 Å². The van der Waals surface area contributed by atoms with Crippen LogP contribution in [0.3, 0.4) is 0 Å². The molecule has 0 bridgehead atoms. The number of carbonyl (C=O) groups is 1. The molecule has 1 atom stereocenters. The molecule has 158 valence electrons. The van der Waals surface area contributed by atoms with Crippen LogP contribution < -0.4 is 10.1 Å². The van der Waals surface area contributed by atoms with Crippen LogP contribution in [0.4, 0.5) is 5.69 Å². The highest BCUT2D eigenvalue weighted by Crippen LogP contribution is 2.30. The van der Waals surface area contributed by atoms with Crippen molar-refractivity contribution in [1.82, 2.24) is 13.1 Å². The van der Waals surface area contributed by atoms with Crippen LogP contribution in [0.1, 0.15) is 18.4 Å². The summed E-state index contributed by atoms with van der Waals surface area (Å²) < 4.78 is 41.5. The third kappa shape index (κ3) is 3.90. The summed E-state index contributed by atoms with van der Waals surface area (Å²) in [5, 5.41) is 2.90. The summed E-state index contributed by atoms with van der Waals surface area (Å²) in [6, 6.07) is 10.5. The Bertz CT molecular complexity index is 1190. The molecule has 0 unspecified atom stereocenters. The maximum atomic E-state index is 13.3. The van der Waals surface area contributed by atoms with Gasteiger partial charge in [-0.1, -0.05) is 12.1 Å². The van der Waals surface area contributed by atoms with E-state index in [-0.39, 0.29) is 17.3 Å². The second-order valence-electron chi connectivity index (χ2n) is 7.28. The van der Waals surface area contributed by atoms with E-state index in [2.05, 4.69) is 14.1 Å². The molecule has 3 aromatic rings. The van der Waals surface area contributed by atoms with Crippen molar-refractivity contribution >= 4 is 44.4 Å². The molecule has 0 saturated carbocycles. The van der Waals surface area contributed by atoms with Crippen molar-refractivity contribution < 1.29 is 17.9 Å². The maximum absolute atomic E-state index is 13.3. The molecule has 1 aromatic heterocycles. The molecule has 0 aliphatic carbocycles. The fourth-order valence-electron chi connectivity index (χ4n) is 3.66. The predicted molar refractivity (Wildman–Crippen MR) is 115 cm³/mol. The first-order valence-corrected chi connectivity index (χ1v) is 11.7. The summed E-state index contributed by atoms with van der Waals surface area (Å²) in [6.45, 7) is 2.42. The SMILES string of the molecule is COc1ccc(C)cc1NC(=O)[C@H]1CCCN(S(=O)(=O)c2cccc3nsnc23)C1. The largest absolute Gasteiger partial charge is 0.495 e. The molecule has 1 aliphatic heterocycles. The van der Waals surface area contributed by atoms with E-state index >= 15 is 0 Å². The van der Waals surface area contributed by atoms with Crippen molar-refractivity contribution in [2.75, 3.05) is 25.5 Å². The van der Waals surface area contributed by atoms with E-state index in [1.807, 2.05) is 19.1 Å². The topological polar surface area (TPSA) is 101 Å². The van der Waals surface area contributed by atoms with Crippen molar-refractivity contribution in [3.8, 4) is 5.75 Å². The highest BCUT2D eigenvalue weighted by molar-refractivity contribution is 7.89. The molecule has 1 fully saturated rings. The molecule has 2 heterocycles. The monoisotopic (exact) mass is 446 g/mol. The lowest BCUT2D eigenvalue weighted by atomic mass is 9.98. The molecule has 1 amide bonds. The van der Waals surface area contributed by atoms with Crippen LogP contribution in [0.25, 0.3) is 11.0 Å². The zero-order valence-electron chi connectivity index (χ0n) is 16.7. The van der Waals surface area contributed by atoms with Gasteiger partial charge in [-0.25, -0.2) is 8.42 Å². The number of nitrogens with one attached hydrogen (secondary N) is 1. The summed E-state index contributed by atoms with van der Waals surface area (Å²) in [5.41, 5.74) is 2.50. The van der Waals surface area contributed by atoms with Gasteiger partial charge in [-0.2, -0.15) is 13.1 Å². The lowest BCUT2D eigenvalue weighted by molar-refractivity contribution is -0.120. The van der Waals surface area contributed by atoms with Gasteiger partial charge >= 0.3 is 0 Å². The number of ether oxygens (including phenoxy) is 1. The average molecular weight is 447 g/mol. The van der Waals surface area contributed by atoms with Gasteiger partial charge in [-0.3, -0.25) is 4.79 Å². The van der Waals surface area contributed by atoms with E-state index in [0.29, 0.717) is 41.9 Å². The third-order valence-corrected chi connectivity index (χ3v) is 7.67. The molecule has 4 rings (SSSR count). The minimum Gasteiger partial charge on any atom is -0.495 e. The van der Waals surface area contributed by atoms with Gasteiger partial charge < -0.3 is 10.1 Å². The van der Waals surface area contributed by atoms with Gasteiger partial charge in [0.2, 0.25) is 15.9 Å². The Kier molecular flexibility index (Phi) is 5.72. The van der Waals surface area contributed by atoms with E-state index in [1.165, 1.54) is 4.31 Å². The zero-order chi connectivity index (χ0) is 21.3. The van der Waals surface area contributed by atoms with Crippen LogP contribution in [-0.2, 0) is 14.8 Å². The predicted octanol–water partition coefficient (Wildman–Crippen LogP) is 3.05. The highest BCUT2D eigenvalue weighted by atomic mass is 32.2. The minimum atomic E-state index is -3.78. The summed E-state index contributed by atoms with van der Waals surface area (Å²) >= 11 is 0.982. The zero-order valence-corrected chi connectivity index (χ0v) is 18.3. The molecule has 30 heavy (non-hydrogen) atoms. The van der Waals surface area contributed by atoms with E-state index < -0.39 is 15.9 Å². The van der Waals surface area contributed by atoms with Gasteiger partial charge in [0, 0.05) is 13.1 Å². The molecule has 8 nitrogen and oxygen atoms in total. The van der Waals surface area contributed by atoms with E-state index in [1.54, 1.807) is 31.4 Å². The number of nitrogens with zero attached hydrogens (tertiary/aromatic N) is 3. The highest BCUT2D eigenvalue weighted by Gasteiger charge is 2.35. The van der Waals surface area contributed by atoms with Crippen molar-refractivity contribution in [1.29, 1.82) is 0 Å². The Labute approximate surface area is 179 Å². The van der Waals surface area contributed by atoms with Crippen molar-refractivity contribution in [3.05, 3.63) is 42.0 Å². The van der Waals surface area contributed by atoms with Gasteiger partial charge in [0.05, 0.1) is 30.4 Å². The molecular weight excluding hydrogens is 424 g/mol. The van der Waals surface area contributed by atoms with Gasteiger partial charge in [0.25, 0.3) is 0 Å². The first kappa shape index (κ1) is 20.7. The quantitative estimate of drug-likeness (QED) is 0.646. The standard InChI is InChI=1S/C20H22N4O4S2/c1-13-8-9-17(28-2)16(11-13)21-20(25)14-5-4-10-24(12-14)30(26,27)18-7-3-6-15-19(18)23-29-22-15/h3,6-9,11,14H,4-5,10,12H2,1-2H3,(H,21,25)/t14-/m0/s1. The summed E-state index contributed by atoms with van der Waals surface area (Å²) in [6.07, 6.45) is 1.22. The normalized spacial score (nSPS) is 17.7. The molecule has 2 aromatic carbocycles. The lowest BCUT2D eigenvalue weighted by Crippen LogP contribution is -2.43. The second-order valence-corrected chi connectivity index (χ2v) is 9.72. The number of methoxy groups -OCH3 is 1. The van der Waals surface area contributed by atoms with Crippen molar-refractivity contribution in [2.45, 2.75) is 24.7 Å². The van der Waals surface area contributed by atoms with Crippen LogP contribution in [0.2, 0.25) is 0 Å². The Balaban J connectivity index is 1.55. The van der Waals surface area contributed by atoms with Crippen LogP contribution >= 0.6 is 11.7 Å². The molecule has 0 radical (unpaired) electrons. The fraction of sp³-hybridized carbons (Fsp3) is 0.350. The van der Waals surface area contributed by atoms with Gasteiger partial charge in [-0.15, -0.1) is 0 Å². The fourth-order valence-corrected chi connectivity index (χ4v) is 5.93. The number of rotatable bonds is 5. The Morgan fingerprint density at radius 3 is 2.90 bits per heavy atom. The van der Waals surface area contributed by atoms with Crippen molar-refractivity contribution in [2.24, 2.45) is 5.92 Å². The summed E-state index contributed by atoms with van der Waals surface area (Å²) in [7, 11) is -2.24. The number of hydrogen-bond donors (Lipinski definition) is 1. The van der Waals surface area contributed by atoms with Crippen molar-refractivity contribution in [3.63, 3.8) is 0 Å². The van der Waals surface area contributed by atoms with Gasteiger partial charge in [-0.05, 0) is 49.6 Å². The minimum absolute atomic E-state index is 0.121. The number of piperidine rings is 1. The smallest absolute Gasteiger partial charge is 0.245 e. The van der Waals surface area contributed by atoms with E-state index in [4.69, 9.17) is 4.74 Å². The lowest BCUT2D eigenvalue weighted by Gasteiger charge is -2.31. The first-order valence-electron chi connectivity index (χ1n) is 9.57. The Morgan fingerprint density at radius 2 is 2.10 bits per heavy atom. The number of aryl methyl sites for hydroxylation is 1. The molecule has 1 N–H and O–H groups in total. The molecule has 0 spiro atoms. The Morgan fingerprint density at radius 1 is 1.27 bits per heavy atom. The number of sulfonamides is 1. The second kappa shape index (κ2) is 8.29. The molecule has 10 heteroatoms. The molecule has 1 aliphatic rings. The number of aromatic nitrogens is 2. The average Bonchev–Trinajstić information content (AvgIpc) is 3.23. The number of carbonyl (C=O) groups excluding carboxylic acids is 1. The van der Waals surface area contributed by atoms with Gasteiger partial charge in [0.1, 0.15) is 21.7 Å². The summed E-state index contributed by atoms with van der Waals surface area (Å²) in [5.74, 6) is -0.101. The third-order valence-electron chi connectivity index (χ3n) is 5.23. The number of anilines is 1. The van der Waals surface area contributed by atoms with Crippen LogP contribution in [0.15, 0.2) is 41.3 Å². The number of fused-ring (bicyclic) bond motifs is 1. The first-order chi connectivity index (χ1) is 14.4. The molecular formula is C20H22N4O4S2. The number of hydrogen-bond acceptors (Lipinski definition) is 7.